The van der Waals surface area contributed by atoms with Crippen molar-refractivity contribution in [1.82, 2.24) is 4.90 Å². The van der Waals surface area contributed by atoms with Crippen LogP contribution in [0.5, 0.6) is 0 Å². The van der Waals surface area contributed by atoms with E-state index < -0.39 is 0 Å². The van der Waals surface area contributed by atoms with Crippen LogP contribution < -0.4 is 5.32 Å². The van der Waals surface area contributed by atoms with Gasteiger partial charge in [0.2, 0.25) is 0 Å². The van der Waals surface area contributed by atoms with Crippen LogP contribution in [0.4, 0.5) is 5.69 Å². The maximum absolute atomic E-state index is 5.43. The minimum atomic E-state index is 0.869. The maximum Gasteiger partial charge on any atom is 0.173 e. The molecule has 1 N–H and O–H groups in total. The summed E-state index contributed by atoms with van der Waals surface area (Å²) in [5.41, 5.74) is 2.36. The molecule has 0 unspecified atom stereocenters. The summed E-state index contributed by atoms with van der Waals surface area (Å²) in [6.07, 6.45) is 3.86. The van der Waals surface area contributed by atoms with Crippen molar-refractivity contribution < 1.29 is 0 Å². The van der Waals surface area contributed by atoms with Gasteiger partial charge in [-0.3, -0.25) is 0 Å². The van der Waals surface area contributed by atoms with Crippen LogP contribution in [-0.4, -0.2) is 23.1 Å². The fraction of sp³-hybridized carbons (Fsp3) is 0.462. The summed E-state index contributed by atoms with van der Waals surface area (Å²) in [7, 11) is 0. The summed E-state index contributed by atoms with van der Waals surface area (Å²) in [6.45, 7) is 4.29. The average molecular weight is 234 g/mol. The first kappa shape index (κ1) is 11.4. The number of thiocarbonyl (C=S) groups is 1. The Bertz CT molecular complexity index is 370. The molecule has 0 aromatic heterocycles. The summed E-state index contributed by atoms with van der Waals surface area (Å²) in [5.74, 6) is 0. The third-order valence-corrected chi connectivity index (χ3v) is 3.39. The SMILES string of the molecule is Cc1ccccc1NC(=S)N1CCCCC1. The molecule has 1 aromatic carbocycles. The number of piperidine rings is 1. The van der Waals surface area contributed by atoms with Crippen molar-refractivity contribution in [2.75, 3.05) is 18.4 Å². The Morgan fingerprint density at radius 2 is 1.88 bits per heavy atom. The third-order valence-electron chi connectivity index (χ3n) is 3.03. The second kappa shape index (κ2) is 5.30. The number of aryl methyl sites for hydroxylation is 1. The number of hydrogen-bond donors (Lipinski definition) is 1. The van der Waals surface area contributed by atoms with E-state index in [9.17, 15) is 0 Å². The zero-order valence-electron chi connectivity index (χ0n) is 9.70. The zero-order chi connectivity index (χ0) is 11.4. The predicted octanol–water partition coefficient (Wildman–Crippen LogP) is 3.18. The number of hydrogen-bond acceptors (Lipinski definition) is 1. The first-order valence-electron chi connectivity index (χ1n) is 5.89. The van der Waals surface area contributed by atoms with Crippen LogP contribution in [0.2, 0.25) is 0 Å². The van der Waals surface area contributed by atoms with Crippen LogP contribution >= 0.6 is 12.2 Å². The molecule has 0 spiro atoms. The van der Waals surface area contributed by atoms with Crippen LogP contribution in [0.15, 0.2) is 24.3 Å². The monoisotopic (exact) mass is 234 g/mol. The Kier molecular flexibility index (Phi) is 3.78. The van der Waals surface area contributed by atoms with Crippen molar-refractivity contribution in [3.8, 4) is 0 Å². The highest BCUT2D eigenvalue weighted by molar-refractivity contribution is 7.80. The Morgan fingerprint density at radius 1 is 1.19 bits per heavy atom. The van der Waals surface area contributed by atoms with E-state index in [1.165, 1.54) is 24.8 Å². The first-order valence-corrected chi connectivity index (χ1v) is 6.30. The van der Waals surface area contributed by atoms with Gasteiger partial charge in [0.15, 0.2) is 5.11 Å². The normalized spacial score (nSPS) is 15.9. The highest BCUT2D eigenvalue weighted by atomic mass is 32.1. The van der Waals surface area contributed by atoms with Gasteiger partial charge in [-0.2, -0.15) is 0 Å². The van der Waals surface area contributed by atoms with Crippen molar-refractivity contribution in [1.29, 1.82) is 0 Å². The molecule has 1 fully saturated rings. The van der Waals surface area contributed by atoms with E-state index >= 15 is 0 Å². The number of nitrogens with zero attached hydrogens (tertiary/aromatic N) is 1. The van der Waals surface area contributed by atoms with Crippen molar-refractivity contribution in [3.05, 3.63) is 29.8 Å². The van der Waals surface area contributed by atoms with Crippen molar-refractivity contribution in [2.24, 2.45) is 0 Å². The Morgan fingerprint density at radius 3 is 2.56 bits per heavy atom. The molecule has 2 nitrogen and oxygen atoms in total. The zero-order valence-corrected chi connectivity index (χ0v) is 10.5. The second-order valence-corrected chi connectivity index (χ2v) is 4.68. The van der Waals surface area contributed by atoms with E-state index in [1.807, 2.05) is 12.1 Å². The summed E-state index contributed by atoms with van der Waals surface area (Å²) in [4.78, 5) is 2.27. The Hall–Kier alpha value is -1.09. The fourth-order valence-corrected chi connectivity index (χ4v) is 2.30. The largest absolute Gasteiger partial charge is 0.349 e. The Balaban J connectivity index is 1.99. The minimum absolute atomic E-state index is 0.869. The molecule has 0 radical (unpaired) electrons. The maximum atomic E-state index is 5.43. The number of para-hydroxylation sites is 1. The smallest absolute Gasteiger partial charge is 0.173 e. The number of rotatable bonds is 1. The molecular formula is C13H18N2S. The minimum Gasteiger partial charge on any atom is -0.349 e. The van der Waals surface area contributed by atoms with E-state index in [0.29, 0.717) is 0 Å². The lowest BCUT2D eigenvalue weighted by molar-refractivity contribution is 0.346. The highest BCUT2D eigenvalue weighted by Crippen LogP contribution is 2.16. The van der Waals surface area contributed by atoms with Crippen molar-refractivity contribution in [3.63, 3.8) is 0 Å². The van der Waals surface area contributed by atoms with Crippen LogP contribution in [0.3, 0.4) is 0 Å². The molecule has 1 heterocycles. The molecule has 2 rings (SSSR count). The van der Waals surface area contributed by atoms with Crippen LogP contribution in [0, 0.1) is 6.92 Å². The van der Waals surface area contributed by atoms with E-state index in [-0.39, 0.29) is 0 Å². The molecule has 1 aliphatic rings. The van der Waals surface area contributed by atoms with E-state index in [2.05, 4.69) is 29.3 Å². The molecule has 0 aliphatic carbocycles. The number of benzene rings is 1. The van der Waals surface area contributed by atoms with Gasteiger partial charge in [-0.25, -0.2) is 0 Å². The topological polar surface area (TPSA) is 15.3 Å². The Labute approximate surface area is 103 Å². The lowest BCUT2D eigenvalue weighted by atomic mass is 10.1. The highest BCUT2D eigenvalue weighted by Gasteiger charge is 2.13. The molecule has 0 atom stereocenters. The molecular weight excluding hydrogens is 216 g/mol. The van der Waals surface area contributed by atoms with Gasteiger partial charge < -0.3 is 10.2 Å². The van der Waals surface area contributed by atoms with Gasteiger partial charge >= 0.3 is 0 Å². The molecule has 1 aliphatic heterocycles. The van der Waals surface area contributed by atoms with Crippen molar-refractivity contribution >= 4 is 23.0 Å². The van der Waals surface area contributed by atoms with Gasteiger partial charge in [0.05, 0.1) is 0 Å². The molecule has 0 amide bonds. The molecule has 1 saturated heterocycles. The second-order valence-electron chi connectivity index (χ2n) is 4.29. The fourth-order valence-electron chi connectivity index (χ4n) is 2.00. The average Bonchev–Trinajstić information content (AvgIpc) is 2.33. The lowest BCUT2D eigenvalue weighted by Gasteiger charge is -2.29. The lowest BCUT2D eigenvalue weighted by Crippen LogP contribution is -2.38. The molecule has 0 bridgehead atoms. The molecule has 0 saturated carbocycles. The summed E-state index contributed by atoms with van der Waals surface area (Å²) < 4.78 is 0. The molecule has 86 valence electrons. The molecule has 3 heteroatoms. The van der Waals surface area contributed by atoms with Gasteiger partial charge in [0.25, 0.3) is 0 Å². The van der Waals surface area contributed by atoms with E-state index in [4.69, 9.17) is 12.2 Å². The van der Waals surface area contributed by atoms with Crippen LogP contribution in [0.1, 0.15) is 24.8 Å². The van der Waals surface area contributed by atoms with Gasteiger partial charge in [-0.1, -0.05) is 18.2 Å². The van der Waals surface area contributed by atoms with Gasteiger partial charge in [0.1, 0.15) is 0 Å². The van der Waals surface area contributed by atoms with E-state index in [1.54, 1.807) is 0 Å². The van der Waals surface area contributed by atoms with Crippen LogP contribution in [-0.2, 0) is 0 Å². The first-order chi connectivity index (χ1) is 7.77. The van der Waals surface area contributed by atoms with Crippen molar-refractivity contribution in [2.45, 2.75) is 26.2 Å². The van der Waals surface area contributed by atoms with Gasteiger partial charge in [-0.05, 0) is 50.0 Å². The van der Waals surface area contributed by atoms with Gasteiger partial charge in [0, 0.05) is 18.8 Å². The molecule has 1 aromatic rings. The van der Waals surface area contributed by atoms with Crippen LogP contribution in [0.25, 0.3) is 0 Å². The molecule has 16 heavy (non-hydrogen) atoms. The van der Waals surface area contributed by atoms with E-state index in [0.717, 1.165) is 23.9 Å². The standard InChI is InChI=1S/C13H18N2S/c1-11-7-3-4-8-12(11)14-13(16)15-9-5-2-6-10-15/h3-4,7-8H,2,5-6,9-10H2,1H3,(H,14,16). The number of likely N-dealkylation sites (tertiary alicyclic amines) is 1. The summed E-state index contributed by atoms with van der Waals surface area (Å²) in [5, 5.41) is 4.21. The number of nitrogens with one attached hydrogen (secondary N) is 1. The summed E-state index contributed by atoms with van der Waals surface area (Å²) in [6, 6.07) is 8.26. The third kappa shape index (κ3) is 2.73. The van der Waals surface area contributed by atoms with Gasteiger partial charge in [-0.15, -0.1) is 0 Å². The summed E-state index contributed by atoms with van der Waals surface area (Å²) >= 11 is 5.43. The quantitative estimate of drug-likeness (QED) is 0.751. The number of anilines is 1. The predicted molar refractivity (Wildman–Crippen MR) is 72.8 cm³/mol.